The second-order valence-electron chi connectivity index (χ2n) is 7.39. The molecule has 0 aromatic carbocycles. The zero-order valence-corrected chi connectivity index (χ0v) is 16.3. The van der Waals surface area contributed by atoms with Crippen molar-refractivity contribution in [2.75, 3.05) is 46.9 Å². The third kappa shape index (κ3) is 5.03. The van der Waals surface area contributed by atoms with Crippen LogP contribution in [0.4, 0.5) is 0 Å². The summed E-state index contributed by atoms with van der Waals surface area (Å²) in [5, 5.41) is 5.30. The first-order valence-corrected chi connectivity index (χ1v) is 10.3. The lowest BCUT2D eigenvalue weighted by atomic mass is 9.93. The van der Waals surface area contributed by atoms with E-state index < -0.39 is 0 Å². The van der Waals surface area contributed by atoms with Crippen molar-refractivity contribution in [3.8, 4) is 0 Å². The lowest BCUT2D eigenvalue weighted by molar-refractivity contribution is -0.127. The molecule has 0 saturated carbocycles. The van der Waals surface area contributed by atoms with E-state index in [-0.39, 0.29) is 17.9 Å². The molecule has 1 aromatic rings. The van der Waals surface area contributed by atoms with Crippen molar-refractivity contribution in [1.82, 2.24) is 15.1 Å². The lowest BCUT2D eigenvalue weighted by Gasteiger charge is -2.39. The molecule has 1 aromatic heterocycles. The van der Waals surface area contributed by atoms with Gasteiger partial charge in [0.25, 0.3) is 0 Å². The van der Waals surface area contributed by atoms with Crippen LogP contribution in [0.2, 0.25) is 0 Å². The van der Waals surface area contributed by atoms with Gasteiger partial charge in [-0.3, -0.25) is 4.79 Å². The highest BCUT2D eigenvalue weighted by Crippen LogP contribution is 2.25. The fraction of sp³-hybridized carbons (Fsp3) is 0.737. The van der Waals surface area contributed by atoms with E-state index in [1.807, 2.05) is 0 Å². The van der Waals surface area contributed by atoms with Crippen molar-refractivity contribution in [2.45, 2.75) is 37.8 Å². The second-order valence-corrected chi connectivity index (χ2v) is 8.37. The van der Waals surface area contributed by atoms with Crippen LogP contribution in [0.3, 0.4) is 0 Å². The second kappa shape index (κ2) is 9.12. The van der Waals surface area contributed by atoms with Crippen LogP contribution >= 0.6 is 11.3 Å². The van der Waals surface area contributed by atoms with Crippen molar-refractivity contribution in [2.24, 2.45) is 5.92 Å². The zero-order valence-electron chi connectivity index (χ0n) is 15.4. The Balaban J connectivity index is 1.44. The van der Waals surface area contributed by atoms with Crippen LogP contribution in [-0.2, 0) is 9.53 Å². The normalized spacial score (nSPS) is 22.2. The first kappa shape index (κ1) is 18.8. The van der Waals surface area contributed by atoms with Crippen LogP contribution in [0, 0.1) is 5.92 Å². The number of hydrogen-bond donors (Lipinski definition) is 1. The molecule has 2 saturated heterocycles. The average molecular weight is 366 g/mol. The number of carbonyl (C=O) groups excluding carboxylic acids is 1. The lowest BCUT2D eigenvalue weighted by Crippen LogP contribution is -2.47. The van der Waals surface area contributed by atoms with Gasteiger partial charge in [-0.25, -0.2) is 0 Å². The number of piperidine rings is 1. The molecule has 0 spiro atoms. The molecule has 0 aliphatic carbocycles. The van der Waals surface area contributed by atoms with Gasteiger partial charge in [0, 0.05) is 36.6 Å². The average Bonchev–Trinajstić information content (AvgIpc) is 3.16. The summed E-state index contributed by atoms with van der Waals surface area (Å²) in [6.07, 6.45) is 4.24. The van der Waals surface area contributed by atoms with Gasteiger partial charge in [-0.2, -0.15) is 0 Å². The number of carbonyl (C=O) groups is 1. The molecule has 1 atom stereocenters. The van der Waals surface area contributed by atoms with E-state index in [9.17, 15) is 4.79 Å². The molecule has 2 aliphatic rings. The molecule has 3 heterocycles. The SMILES string of the molecule is CN(C)[C@H](CNC(=O)C1CCN(C2CCOCC2)CC1)c1cccs1. The van der Waals surface area contributed by atoms with E-state index in [1.54, 1.807) is 11.3 Å². The van der Waals surface area contributed by atoms with Crippen LogP contribution in [-0.4, -0.2) is 68.7 Å². The molecule has 1 N–H and O–H groups in total. The van der Waals surface area contributed by atoms with Gasteiger partial charge in [0.2, 0.25) is 5.91 Å². The molecule has 6 heteroatoms. The number of likely N-dealkylation sites (tertiary alicyclic amines) is 1. The van der Waals surface area contributed by atoms with Crippen molar-refractivity contribution in [3.05, 3.63) is 22.4 Å². The van der Waals surface area contributed by atoms with Gasteiger partial charge in [0.15, 0.2) is 0 Å². The van der Waals surface area contributed by atoms with Gasteiger partial charge >= 0.3 is 0 Å². The Morgan fingerprint density at radius 1 is 1.32 bits per heavy atom. The number of hydrogen-bond acceptors (Lipinski definition) is 5. The molecule has 3 rings (SSSR count). The Bertz CT molecular complexity index is 521. The Kier molecular flexibility index (Phi) is 6.87. The summed E-state index contributed by atoms with van der Waals surface area (Å²) in [5.74, 6) is 0.400. The molecule has 140 valence electrons. The quantitative estimate of drug-likeness (QED) is 0.841. The number of thiophene rings is 1. The smallest absolute Gasteiger partial charge is 0.223 e. The Morgan fingerprint density at radius 3 is 2.64 bits per heavy atom. The Hall–Kier alpha value is -0.950. The summed E-state index contributed by atoms with van der Waals surface area (Å²) in [7, 11) is 4.14. The van der Waals surface area contributed by atoms with Crippen LogP contribution in [0.25, 0.3) is 0 Å². The number of nitrogens with zero attached hydrogens (tertiary/aromatic N) is 2. The standard InChI is InChI=1S/C19H31N3O2S/c1-21(2)17(18-4-3-13-25-18)14-20-19(23)15-5-9-22(10-6-15)16-7-11-24-12-8-16/h3-4,13,15-17H,5-12,14H2,1-2H3,(H,20,23)/t17-/m1/s1. The number of likely N-dealkylation sites (N-methyl/N-ethyl adjacent to an activating group) is 1. The predicted molar refractivity (Wildman–Crippen MR) is 102 cm³/mol. The van der Waals surface area contributed by atoms with Gasteiger partial charge in [0.05, 0.1) is 6.04 Å². The molecule has 2 aliphatic heterocycles. The van der Waals surface area contributed by atoms with Crippen molar-refractivity contribution in [3.63, 3.8) is 0 Å². The van der Waals surface area contributed by atoms with Crippen molar-refractivity contribution >= 4 is 17.2 Å². The van der Waals surface area contributed by atoms with Crippen LogP contribution in [0.1, 0.15) is 36.6 Å². The van der Waals surface area contributed by atoms with Gasteiger partial charge in [0.1, 0.15) is 0 Å². The number of amides is 1. The monoisotopic (exact) mass is 365 g/mol. The van der Waals surface area contributed by atoms with Crippen LogP contribution in [0.5, 0.6) is 0 Å². The Labute approximate surface area is 155 Å². The third-order valence-corrected chi connectivity index (χ3v) is 6.55. The van der Waals surface area contributed by atoms with E-state index in [1.165, 1.54) is 4.88 Å². The third-order valence-electron chi connectivity index (χ3n) is 5.57. The maximum Gasteiger partial charge on any atom is 0.223 e. The highest BCUT2D eigenvalue weighted by Gasteiger charge is 2.30. The topological polar surface area (TPSA) is 44.8 Å². The van der Waals surface area contributed by atoms with Crippen molar-refractivity contribution < 1.29 is 9.53 Å². The molecular formula is C19H31N3O2S. The van der Waals surface area contributed by atoms with Gasteiger partial charge in [-0.15, -0.1) is 11.3 Å². The maximum atomic E-state index is 12.6. The first-order chi connectivity index (χ1) is 12.1. The van der Waals surface area contributed by atoms with E-state index in [0.717, 1.165) is 52.0 Å². The highest BCUT2D eigenvalue weighted by molar-refractivity contribution is 7.10. The number of rotatable bonds is 6. The van der Waals surface area contributed by atoms with E-state index in [4.69, 9.17) is 4.74 Å². The van der Waals surface area contributed by atoms with E-state index in [0.29, 0.717) is 12.6 Å². The van der Waals surface area contributed by atoms with Crippen LogP contribution < -0.4 is 5.32 Å². The summed E-state index contributed by atoms with van der Waals surface area (Å²) in [6, 6.07) is 5.14. The molecule has 1 amide bonds. The van der Waals surface area contributed by atoms with Gasteiger partial charge in [-0.05, 0) is 64.3 Å². The fourth-order valence-electron chi connectivity index (χ4n) is 3.94. The minimum Gasteiger partial charge on any atom is -0.381 e. The van der Waals surface area contributed by atoms with Crippen molar-refractivity contribution in [1.29, 1.82) is 0 Å². The summed E-state index contributed by atoms with van der Waals surface area (Å²) in [6.45, 7) is 4.56. The zero-order chi connectivity index (χ0) is 17.6. The molecule has 0 radical (unpaired) electrons. The van der Waals surface area contributed by atoms with E-state index >= 15 is 0 Å². The van der Waals surface area contributed by atoms with Gasteiger partial charge < -0.3 is 19.9 Å². The molecule has 0 bridgehead atoms. The highest BCUT2D eigenvalue weighted by atomic mass is 32.1. The van der Waals surface area contributed by atoms with Crippen LogP contribution in [0.15, 0.2) is 17.5 Å². The number of ether oxygens (including phenoxy) is 1. The molecule has 2 fully saturated rings. The summed E-state index contributed by atoms with van der Waals surface area (Å²) >= 11 is 1.75. The Morgan fingerprint density at radius 2 is 2.04 bits per heavy atom. The minimum atomic E-state index is 0.169. The minimum absolute atomic E-state index is 0.169. The maximum absolute atomic E-state index is 12.6. The van der Waals surface area contributed by atoms with E-state index in [2.05, 4.69) is 46.7 Å². The largest absolute Gasteiger partial charge is 0.381 e. The summed E-state index contributed by atoms with van der Waals surface area (Å²) in [4.78, 5) is 18.7. The molecule has 5 nitrogen and oxygen atoms in total. The molecule has 0 unspecified atom stereocenters. The number of nitrogens with one attached hydrogen (secondary N) is 1. The molecule has 25 heavy (non-hydrogen) atoms. The summed E-state index contributed by atoms with van der Waals surface area (Å²) < 4.78 is 5.46. The van der Waals surface area contributed by atoms with Gasteiger partial charge in [-0.1, -0.05) is 6.07 Å². The summed E-state index contributed by atoms with van der Waals surface area (Å²) in [5.41, 5.74) is 0. The fourth-order valence-corrected chi connectivity index (χ4v) is 4.86. The molecular weight excluding hydrogens is 334 g/mol. The first-order valence-electron chi connectivity index (χ1n) is 9.44. The predicted octanol–water partition coefficient (Wildman–Crippen LogP) is 2.36.